The van der Waals surface area contributed by atoms with E-state index in [1.165, 1.54) is 0 Å². The van der Waals surface area contributed by atoms with Crippen molar-refractivity contribution in [3.63, 3.8) is 0 Å². The standard InChI is InChI=1S/C7H11F2NO3/c8-6(9)13-4-5-1-2-10(3-5)7(11)12/h5-6H,1-4H2,(H,11,12)/p-1/t5-/m1/s1. The predicted molar refractivity (Wildman–Crippen MR) is 37.0 cm³/mol. The van der Waals surface area contributed by atoms with Crippen molar-refractivity contribution in [2.45, 2.75) is 13.0 Å². The summed E-state index contributed by atoms with van der Waals surface area (Å²) in [5.74, 6) is -0.133. The maximum absolute atomic E-state index is 11.6. The Kier molecular flexibility index (Phi) is 3.41. The molecule has 0 aliphatic carbocycles. The van der Waals surface area contributed by atoms with Gasteiger partial charge in [0, 0.05) is 19.0 Å². The molecule has 4 nitrogen and oxygen atoms in total. The minimum atomic E-state index is -2.78. The normalized spacial score (nSPS) is 22.7. The van der Waals surface area contributed by atoms with Crippen LogP contribution in [0.1, 0.15) is 6.42 Å². The number of carbonyl (C=O) groups is 1. The molecule has 0 aromatic rings. The molecule has 0 spiro atoms. The van der Waals surface area contributed by atoms with E-state index in [4.69, 9.17) is 0 Å². The van der Waals surface area contributed by atoms with Gasteiger partial charge in [0.25, 0.3) is 0 Å². The highest BCUT2D eigenvalue weighted by atomic mass is 19.3. The molecule has 0 unspecified atom stereocenters. The van der Waals surface area contributed by atoms with Crippen LogP contribution in [0, 0.1) is 5.92 Å². The Balaban J connectivity index is 2.21. The summed E-state index contributed by atoms with van der Waals surface area (Å²) in [6, 6.07) is 0. The Bertz CT molecular complexity index is 189. The zero-order valence-corrected chi connectivity index (χ0v) is 6.91. The molecule has 1 rings (SSSR count). The molecule has 0 radical (unpaired) electrons. The summed E-state index contributed by atoms with van der Waals surface area (Å²) in [6.45, 7) is -2.30. The molecule has 0 N–H and O–H groups in total. The third kappa shape index (κ3) is 3.14. The van der Waals surface area contributed by atoms with Gasteiger partial charge in [-0.2, -0.15) is 8.78 Å². The molecule has 1 fully saturated rings. The third-order valence-electron chi connectivity index (χ3n) is 2.00. The van der Waals surface area contributed by atoms with Crippen LogP contribution in [0.4, 0.5) is 13.6 Å². The van der Waals surface area contributed by atoms with Crippen LogP contribution in [-0.2, 0) is 4.74 Å². The first-order valence-electron chi connectivity index (χ1n) is 3.95. The Morgan fingerprint density at radius 3 is 2.85 bits per heavy atom. The van der Waals surface area contributed by atoms with E-state index in [9.17, 15) is 18.7 Å². The number of carboxylic acid groups (broad SMARTS) is 1. The van der Waals surface area contributed by atoms with E-state index < -0.39 is 12.7 Å². The average molecular weight is 194 g/mol. The van der Waals surface area contributed by atoms with E-state index >= 15 is 0 Å². The number of rotatable bonds is 3. The van der Waals surface area contributed by atoms with Gasteiger partial charge in [-0.15, -0.1) is 0 Å². The monoisotopic (exact) mass is 194 g/mol. The molecule has 1 atom stereocenters. The summed E-state index contributed by atoms with van der Waals surface area (Å²) in [5, 5.41) is 10.3. The van der Waals surface area contributed by atoms with Crippen molar-refractivity contribution in [3.05, 3.63) is 0 Å². The number of nitrogens with zero attached hydrogens (tertiary/aromatic N) is 1. The highest BCUT2D eigenvalue weighted by Gasteiger charge is 2.23. The molecular weight excluding hydrogens is 184 g/mol. The molecule has 6 heteroatoms. The number of hydrogen-bond donors (Lipinski definition) is 0. The SMILES string of the molecule is O=C([O-])N1CC[C@@H](COC(F)F)C1. The van der Waals surface area contributed by atoms with Crippen molar-refractivity contribution in [3.8, 4) is 0 Å². The van der Waals surface area contributed by atoms with Crippen molar-refractivity contribution in [2.75, 3.05) is 19.7 Å². The van der Waals surface area contributed by atoms with E-state index in [0.717, 1.165) is 4.90 Å². The Morgan fingerprint density at radius 2 is 2.38 bits per heavy atom. The number of amides is 1. The van der Waals surface area contributed by atoms with Crippen molar-refractivity contribution in [1.82, 2.24) is 4.90 Å². The molecule has 76 valence electrons. The maximum atomic E-state index is 11.6. The lowest BCUT2D eigenvalue weighted by molar-refractivity contribution is -0.264. The molecule has 1 heterocycles. The molecule has 1 saturated heterocycles. The molecule has 1 aliphatic heterocycles. The van der Waals surface area contributed by atoms with Gasteiger partial charge >= 0.3 is 6.61 Å². The summed E-state index contributed by atoms with van der Waals surface area (Å²) in [7, 11) is 0. The molecule has 1 aliphatic rings. The highest BCUT2D eigenvalue weighted by molar-refractivity contribution is 5.62. The predicted octanol–water partition coefficient (Wildman–Crippen LogP) is -0.109. The Morgan fingerprint density at radius 1 is 1.69 bits per heavy atom. The first-order valence-corrected chi connectivity index (χ1v) is 3.95. The van der Waals surface area contributed by atoms with Crippen molar-refractivity contribution < 1.29 is 23.4 Å². The van der Waals surface area contributed by atoms with Gasteiger partial charge in [-0.25, -0.2) is 0 Å². The number of ether oxygens (including phenoxy) is 1. The molecule has 13 heavy (non-hydrogen) atoms. The van der Waals surface area contributed by atoms with Gasteiger partial charge in [0.1, 0.15) is 6.09 Å². The van der Waals surface area contributed by atoms with Crippen molar-refractivity contribution >= 4 is 6.09 Å². The quantitative estimate of drug-likeness (QED) is 0.630. The zero-order valence-electron chi connectivity index (χ0n) is 6.91. The molecule has 0 bridgehead atoms. The number of likely N-dealkylation sites (tertiary alicyclic amines) is 1. The van der Waals surface area contributed by atoms with E-state index in [-0.39, 0.29) is 19.1 Å². The molecule has 0 saturated carbocycles. The van der Waals surface area contributed by atoms with Gasteiger partial charge in [-0.1, -0.05) is 0 Å². The van der Waals surface area contributed by atoms with Gasteiger partial charge in [0.05, 0.1) is 6.61 Å². The first-order chi connectivity index (χ1) is 6.09. The lowest BCUT2D eigenvalue weighted by Crippen LogP contribution is -2.39. The number of carbonyl (C=O) groups excluding carboxylic acids is 1. The Hall–Kier alpha value is -0.910. The molecule has 1 amide bonds. The van der Waals surface area contributed by atoms with Crippen molar-refractivity contribution in [1.29, 1.82) is 0 Å². The van der Waals surface area contributed by atoms with E-state index in [1.54, 1.807) is 0 Å². The molecule has 0 aromatic carbocycles. The van der Waals surface area contributed by atoms with E-state index in [1.807, 2.05) is 0 Å². The summed E-state index contributed by atoms with van der Waals surface area (Å²) < 4.78 is 27.2. The first kappa shape index (κ1) is 10.2. The van der Waals surface area contributed by atoms with Crippen LogP contribution in [0.2, 0.25) is 0 Å². The van der Waals surface area contributed by atoms with E-state index in [0.29, 0.717) is 13.0 Å². The van der Waals surface area contributed by atoms with Crippen LogP contribution in [0.15, 0.2) is 0 Å². The molecule has 0 aromatic heterocycles. The van der Waals surface area contributed by atoms with Crippen LogP contribution in [0.25, 0.3) is 0 Å². The minimum Gasteiger partial charge on any atom is -0.530 e. The summed E-state index contributed by atoms with van der Waals surface area (Å²) >= 11 is 0. The third-order valence-corrected chi connectivity index (χ3v) is 2.00. The van der Waals surface area contributed by atoms with E-state index in [2.05, 4.69) is 4.74 Å². The lowest BCUT2D eigenvalue weighted by Gasteiger charge is -2.18. The van der Waals surface area contributed by atoms with Crippen LogP contribution < -0.4 is 5.11 Å². The fraction of sp³-hybridized carbons (Fsp3) is 0.857. The van der Waals surface area contributed by atoms with Gasteiger partial charge in [0.15, 0.2) is 0 Å². The zero-order chi connectivity index (χ0) is 9.84. The fourth-order valence-electron chi connectivity index (χ4n) is 1.34. The van der Waals surface area contributed by atoms with Gasteiger partial charge in [-0.05, 0) is 6.42 Å². The summed E-state index contributed by atoms with van der Waals surface area (Å²) in [6.07, 6.45) is -0.694. The second kappa shape index (κ2) is 4.36. The highest BCUT2D eigenvalue weighted by Crippen LogP contribution is 2.16. The maximum Gasteiger partial charge on any atom is 0.345 e. The fourth-order valence-corrected chi connectivity index (χ4v) is 1.34. The van der Waals surface area contributed by atoms with Gasteiger partial charge in [-0.3, -0.25) is 0 Å². The largest absolute Gasteiger partial charge is 0.530 e. The smallest absolute Gasteiger partial charge is 0.345 e. The van der Waals surface area contributed by atoms with Crippen molar-refractivity contribution in [2.24, 2.45) is 5.92 Å². The Labute approximate surface area is 74.1 Å². The number of alkyl halides is 2. The van der Waals surface area contributed by atoms with Crippen LogP contribution in [0.5, 0.6) is 0 Å². The number of halogens is 2. The van der Waals surface area contributed by atoms with Gasteiger partial charge in [0.2, 0.25) is 0 Å². The van der Waals surface area contributed by atoms with Crippen LogP contribution >= 0.6 is 0 Å². The summed E-state index contributed by atoms with van der Waals surface area (Å²) in [5.41, 5.74) is 0. The second-order valence-electron chi connectivity index (χ2n) is 2.96. The average Bonchev–Trinajstić information content (AvgIpc) is 2.48. The van der Waals surface area contributed by atoms with Gasteiger partial charge < -0.3 is 19.5 Å². The summed E-state index contributed by atoms with van der Waals surface area (Å²) in [4.78, 5) is 11.4. The lowest BCUT2D eigenvalue weighted by atomic mass is 10.1. The number of hydrogen-bond acceptors (Lipinski definition) is 3. The second-order valence-corrected chi connectivity index (χ2v) is 2.96. The topological polar surface area (TPSA) is 52.6 Å². The molecular formula is C7H10F2NO3-. The van der Waals surface area contributed by atoms with Crippen LogP contribution in [0.3, 0.4) is 0 Å². The minimum absolute atomic E-state index is 0.0958. The van der Waals surface area contributed by atoms with Crippen LogP contribution in [-0.4, -0.2) is 37.3 Å².